The van der Waals surface area contributed by atoms with Crippen LogP contribution >= 0.6 is 12.2 Å². The van der Waals surface area contributed by atoms with Gasteiger partial charge in [-0.1, -0.05) is 60.7 Å². The average molecular weight is 365 g/mol. The van der Waals surface area contributed by atoms with E-state index in [4.69, 9.17) is 12.2 Å². The van der Waals surface area contributed by atoms with Gasteiger partial charge in [0.05, 0.1) is 29.7 Å². The summed E-state index contributed by atoms with van der Waals surface area (Å²) in [5, 5.41) is 11.9. The van der Waals surface area contributed by atoms with E-state index in [-0.39, 0.29) is 6.04 Å². The SMILES string of the molecule is Cc1nn(Cc2ccccc2)c(C)c1NC(=S)NC(C)c1ccccc1. The zero-order chi connectivity index (χ0) is 18.5. The number of aromatic nitrogens is 2. The van der Waals surface area contributed by atoms with E-state index in [9.17, 15) is 0 Å². The van der Waals surface area contributed by atoms with Gasteiger partial charge in [0, 0.05) is 0 Å². The van der Waals surface area contributed by atoms with E-state index in [1.165, 1.54) is 11.1 Å². The fraction of sp³-hybridized carbons (Fsp3) is 0.238. The van der Waals surface area contributed by atoms with Crippen molar-refractivity contribution in [1.29, 1.82) is 0 Å². The largest absolute Gasteiger partial charge is 0.356 e. The number of anilines is 1. The molecule has 0 aliphatic rings. The predicted molar refractivity (Wildman–Crippen MR) is 111 cm³/mol. The van der Waals surface area contributed by atoms with Gasteiger partial charge in [0.2, 0.25) is 0 Å². The molecule has 4 nitrogen and oxygen atoms in total. The molecule has 0 aliphatic carbocycles. The first-order chi connectivity index (χ1) is 12.5. The summed E-state index contributed by atoms with van der Waals surface area (Å²) < 4.78 is 2.01. The van der Waals surface area contributed by atoms with Crippen LogP contribution < -0.4 is 10.6 Å². The van der Waals surface area contributed by atoms with Gasteiger partial charge in [-0.2, -0.15) is 5.10 Å². The molecule has 0 saturated carbocycles. The lowest BCUT2D eigenvalue weighted by atomic mass is 10.1. The average Bonchev–Trinajstić information content (AvgIpc) is 2.90. The molecule has 26 heavy (non-hydrogen) atoms. The maximum absolute atomic E-state index is 5.51. The summed E-state index contributed by atoms with van der Waals surface area (Å²) in [6, 6.07) is 20.7. The molecule has 0 spiro atoms. The lowest BCUT2D eigenvalue weighted by Crippen LogP contribution is -2.31. The summed E-state index contributed by atoms with van der Waals surface area (Å²) >= 11 is 5.51. The minimum absolute atomic E-state index is 0.135. The summed E-state index contributed by atoms with van der Waals surface area (Å²) in [7, 11) is 0. The molecule has 0 radical (unpaired) electrons. The van der Waals surface area contributed by atoms with E-state index in [2.05, 4.69) is 53.8 Å². The van der Waals surface area contributed by atoms with Crippen molar-refractivity contribution >= 4 is 23.0 Å². The molecule has 0 bridgehead atoms. The highest BCUT2D eigenvalue weighted by Crippen LogP contribution is 2.21. The summed E-state index contributed by atoms with van der Waals surface area (Å²) in [6.45, 7) is 6.91. The molecule has 3 rings (SSSR count). The Bertz CT molecular complexity index is 872. The van der Waals surface area contributed by atoms with Gasteiger partial charge in [-0.15, -0.1) is 0 Å². The Balaban J connectivity index is 1.69. The Kier molecular flexibility index (Phi) is 5.68. The predicted octanol–water partition coefficient (Wildman–Crippen LogP) is 4.60. The molecule has 0 saturated heterocycles. The standard InChI is InChI=1S/C21H24N4S/c1-15(19-12-8-5-9-13-19)22-21(26)23-20-16(2)24-25(17(20)3)14-18-10-6-4-7-11-18/h4-13,15H,14H2,1-3H3,(H2,22,23,26). The van der Waals surface area contributed by atoms with Crippen molar-refractivity contribution < 1.29 is 0 Å². The molecular weight excluding hydrogens is 340 g/mol. The summed E-state index contributed by atoms with van der Waals surface area (Å²) in [5.74, 6) is 0. The van der Waals surface area contributed by atoms with E-state index < -0.39 is 0 Å². The highest BCUT2D eigenvalue weighted by molar-refractivity contribution is 7.80. The first-order valence-corrected chi connectivity index (χ1v) is 9.16. The topological polar surface area (TPSA) is 41.9 Å². The van der Waals surface area contributed by atoms with Crippen LogP contribution in [0.1, 0.15) is 35.5 Å². The third kappa shape index (κ3) is 4.29. The van der Waals surface area contributed by atoms with Gasteiger partial charge < -0.3 is 10.6 Å². The van der Waals surface area contributed by atoms with Gasteiger partial charge in [-0.05, 0) is 44.1 Å². The van der Waals surface area contributed by atoms with E-state index >= 15 is 0 Å². The fourth-order valence-electron chi connectivity index (χ4n) is 2.96. The van der Waals surface area contributed by atoms with E-state index in [0.29, 0.717) is 5.11 Å². The van der Waals surface area contributed by atoms with Crippen LogP contribution in [0.2, 0.25) is 0 Å². The molecule has 5 heteroatoms. The summed E-state index contributed by atoms with van der Waals surface area (Å²) in [4.78, 5) is 0. The number of hydrogen-bond acceptors (Lipinski definition) is 2. The van der Waals surface area contributed by atoms with Gasteiger partial charge in [0.15, 0.2) is 5.11 Å². The van der Waals surface area contributed by atoms with Crippen LogP contribution in [-0.4, -0.2) is 14.9 Å². The Morgan fingerprint density at radius 1 is 1.04 bits per heavy atom. The molecule has 2 N–H and O–H groups in total. The number of hydrogen-bond donors (Lipinski definition) is 2. The van der Waals surface area contributed by atoms with Crippen molar-refractivity contribution in [2.24, 2.45) is 0 Å². The molecule has 2 aromatic carbocycles. The molecule has 134 valence electrons. The van der Waals surface area contributed by atoms with Crippen molar-refractivity contribution in [1.82, 2.24) is 15.1 Å². The third-order valence-corrected chi connectivity index (χ3v) is 4.66. The first-order valence-electron chi connectivity index (χ1n) is 8.75. The number of benzene rings is 2. The maximum Gasteiger partial charge on any atom is 0.171 e. The minimum Gasteiger partial charge on any atom is -0.356 e. The molecule has 0 amide bonds. The molecule has 1 heterocycles. The van der Waals surface area contributed by atoms with Crippen molar-refractivity contribution in [2.75, 3.05) is 5.32 Å². The Morgan fingerprint density at radius 3 is 2.31 bits per heavy atom. The Hall–Kier alpha value is -2.66. The first kappa shape index (κ1) is 18.1. The molecular formula is C21H24N4S. The quantitative estimate of drug-likeness (QED) is 0.650. The normalized spacial score (nSPS) is 11.8. The maximum atomic E-state index is 5.51. The van der Waals surface area contributed by atoms with Gasteiger partial charge in [0.1, 0.15) is 0 Å². The smallest absolute Gasteiger partial charge is 0.171 e. The van der Waals surface area contributed by atoms with Gasteiger partial charge in [-0.25, -0.2) is 0 Å². The molecule has 1 aromatic heterocycles. The number of thiocarbonyl (C=S) groups is 1. The van der Waals surface area contributed by atoms with Crippen LogP contribution in [-0.2, 0) is 6.54 Å². The van der Waals surface area contributed by atoms with E-state index in [0.717, 1.165) is 23.6 Å². The number of rotatable bonds is 5. The van der Waals surface area contributed by atoms with Crippen LogP contribution in [0.15, 0.2) is 60.7 Å². The summed E-state index contributed by atoms with van der Waals surface area (Å²) in [5.41, 5.74) is 5.41. The number of nitrogens with one attached hydrogen (secondary N) is 2. The van der Waals surface area contributed by atoms with E-state index in [1.807, 2.05) is 48.0 Å². The third-order valence-electron chi connectivity index (χ3n) is 4.44. The van der Waals surface area contributed by atoms with Crippen molar-refractivity contribution in [3.8, 4) is 0 Å². The van der Waals surface area contributed by atoms with Gasteiger partial charge in [-0.3, -0.25) is 4.68 Å². The number of nitrogens with zero attached hydrogens (tertiary/aromatic N) is 2. The second-order valence-corrected chi connectivity index (χ2v) is 6.83. The fourth-order valence-corrected chi connectivity index (χ4v) is 3.24. The van der Waals surface area contributed by atoms with Crippen LogP contribution in [0.3, 0.4) is 0 Å². The van der Waals surface area contributed by atoms with Gasteiger partial charge in [0.25, 0.3) is 0 Å². The second-order valence-electron chi connectivity index (χ2n) is 6.42. The molecule has 0 fully saturated rings. The highest BCUT2D eigenvalue weighted by atomic mass is 32.1. The lowest BCUT2D eigenvalue weighted by molar-refractivity contribution is 0.659. The van der Waals surface area contributed by atoms with Crippen molar-refractivity contribution in [2.45, 2.75) is 33.4 Å². The zero-order valence-electron chi connectivity index (χ0n) is 15.4. The summed E-state index contributed by atoms with van der Waals surface area (Å²) in [6.07, 6.45) is 0. The second kappa shape index (κ2) is 8.15. The lowest BCUT2D eigenvalue weighted by Gasteiger charge is -2.17. The molecule has 0 aliphatic heterocycles. The van der Waals surface area contributed by atoms with Crippen LogP contribution in [0.25, 0.3) is 0 Å². The Labute approximate surface area is 160 Å². The monoisotopic (exact) mass is 364 g/mol. The molecule has 1 unspecified atom stereocenters. The van der Waals surface area contributed by atoms with Gasteiger partial charge >= 0.3 is 0 Å². The van der Waals surface area contributed by atoms with Crippen molar-refractivity contribution in [3.63, 3.8) is 0 Å². The van der Waals surface area contributed by atoms with Crippen LogP contribution in [0, 0.1) is 13.8 Å². The van der Waals surface area contributed by atoms with Crippen molar-refractivity contribution in [3.05, 3.63) is 83.2 Å². The van der Waals surface area contributed by atoms with Crippen LogP contribution in [0.4, 0.5) is 5.69 Å². The molecule has 3 aromatic rings. The minimum atomic E-state index is 0.135. The molecule has 1 atom stereocenters. The van der Waals surface area contributed by atoms with E-state index in [1.54, 1.807) is 0 Å². The Morgan fingerprint density at radius 2 is 1.65 bits per heavy atom. The van der Waals surface area contributed by atoms with Crippen LogP contribution in [0.5, 0.6) is 0 Å². The number of aryl methyl sites for hydroxylation is 1. The zero-order valence-corrected chi connectivity index (χ0v) is 16.2. The highest BCUT2D eigenvalue weighted by Gasteiger charge is 2.14.